The van der Waals surface area contributed by atoms with E-state index in [1.54, 1.807) is 3.28 Å². The third kappa shape index (κ3) is 2.44. The van der Waals surface area contributed by atoms with E-state index in [-0.39, 0.29) is 24.8 Å². The smallest absolute Gasteiger partial charge is 1.00 e. The molecular weight excluding hydrogens is 322 g/mol. The van der Waals surface area contributed by atoms with Gasteiger partial charge in [0, 0.05) is 0 Å². The predicted octanol–water partition coefficient (Wildman–Crippen LogP) is -6.35. The molecule has 77 valence electrons. The van der Waals surface area contributed by atoms with Crippen LogP contribution < -0.4 is 35.3 Å². The minimum absolute atomic E-state index is 0. The summed E-state index contributed by atoms with van der Waals surface area (Å²) in [5, 5.41) is 4.47. The maximum absolute atomic E-state index is 2.25. The molecule has 0 N–H and O–H groups in total. The molecule has 1 aromatic carbocycles. The van der Waals surface area contributed by atoms with Crippen LogP contribution in [0.2, 0.25) is 0 Å². The summed E-state index contributed by atoms with van der Waals surface area (Å²) in [6.45, 7) is 4.44. The van der Waals surface area contributed by atoms with Crippen molar-refractivity contribution in [2.45, 2.75) is 13.8 Å². The number of aryl methyl sites for hydroxylation is 1. The van der Waals surface area contributed by atoms with Crippen LogP contribution in [0.3, 0.4) is 0 Å². The summed E-state index contributed by atoms with van der Waals surface area (Å²) in [6.07, 6.45) is 0. The SMILES string of the molecule is CC1=c2c(C)cccc2=[C]([Zr+2])C1=[SiH2].[Cl-].[Cl-]. The van der Waals surface area contributed by atoms with Crippen molar-refractivity contribution in [2.24, 2.45) is 0 Å². The summed E-state index contributed by atoms with van der Waals surface area (Å²) in [5.41, 5.74) is 2.90. The molecule has 1 aromatic rings. The normalized spacial score (nSPS) is 13.2. The molecule has 0 radical (unpaired) electrons. The van der Waals surface area contributed by atoms with Gasteiger partial charge in [-0.3, -0.25) is 0 Å². The molecule has 4 heteroatoms. The molecule has 0 atom stereocenters. The first-order chi connectivity index (χ1) is 6.13. The van der Waals surface area contributed by atoms with Gasteiger partial charge in [-0.15, -0.1) is 0 Å². The molecule has 0 bridgehead atoms. The monoisotopic (exact) mass is 331 g/mol. The van der Waals surface area contributed by atoms with E-state index in [1.165, 1.54) is 51.5 Å². The summed E-state index contributed by atoms with van der Waals surface area (Å²) in [7, 11) is 2.03. The zero-order chi connectivity index (χ0) is 9.59. The van der Waals surface area contributed by atoms with Gasteiger partial charge in [-0.2, -0.15) is 0 Å². The number of hydrogen-bond acceptors (Lipinski definition) is 0. The van der Waals surface area contributed by atoms with Crippen molar-refractivity contribution in [1.82, 2.24) is 0 Å². The topological polar surface area (TPSA) is 0 Å². The Balaban J connectivity index is 0.000000980. The van der Waals surface area contributed by atoms with Gasteiger partial charge in [0.25, 0.3) is 0 Å². The summed E-state index contributed by atoms with van der Waals surface area (Å²) >= 11 is 1.54. The molecular formula is C11H11Cl2SiZr. The number of hydrogen-bond donors (Lipinski definition) is 0. The molecule has 0 nitrogen and oxygen atoms in total. The minimum atomic E-state index is 0. The molecule has 15 heavy (non-hydrogen) atoms. The van der Waals surface area contributed by atoms with Crippen molar-refractivity contribution in [3.63, 3.8) is 0 Å². The molecule has 0 saturated carbocycles. The molecule has 0 unspecified atom stereocenters. The zero-order valence-electron chi connectivity index (χ0n) is 8.70. The van der Waals surface area contributed by atoms with E-state index in [4.69, 9.17) is 0 Å². The van der Waals surface area contributed by atoms with Crippen LogP contribution in [-0.4, -0.2) is 15.0 Å². The summed E-state index contributed by atoms with van der Waals surface area (Å²) < 4.78 is 1.54. The second-order valence-corrected chi connectivity index (χ2v) is 5.41. The number of fused-ring (bicyclic) bond motifs is 1. The van der Waals surface area contributed by atoms with E-state index in [0.717, 1.165) is 0 Å². The Kier molecular flexibility index (Phi) is 5.92. The van der Waals surface area contributed by atoms with E-state index in [9.17, 15) is 0 Å². The largest absolute Gasteiger partial charge is 1.00 e. The van der Waals surface area contributed by atoms with Gasteiger partial charge in [0.05, 0.1) is 0 Å². The van der Waals surface area contributed by atoms with Crippen LogP contribution in [0.25, 0.3) is 8.85 Å². The molecule has 0 aliphatic heterocycles. The Hall–Kier alpha value is 0.510. The van der Waals surface area contributed by atoms with Crippen LogP contribution in [0, 0.1) is 6.92 Å². The Labute approximate surface area is 121 Å². The molecule has 0 aromatic heterocycles. The van der Waals surface area contributed by atoms with Crippen molar-refractivity contribution >= 4 is 23.9 Å². The third-order valence-electron chi connectivity index (χ3n) is 2.67. The van der Waals surface area contributed by atoms with Gasteiger partial charge in [0.1, 0.15) is 0 Å². The predicted molar refractivity (Wildman–Crippen MR) is 56.5 cm³/mol. The number of rotatable bonds is 0. The molecule has 1 aliphatic rings. The molecule has 2 rings (SSSR count). The molecule has 0 saturated heterocycles. The fourth-order valence-electron chi connectivity index (χ4n) is 1.87. The van der Waals surface area contributed by atoms with Crippen LogP contribution >= 0.6 is 0 Å². The Bertz CT molecular complexity index is 520. The van der Waals surface area contributed by atoms with E-state index in [2.05, 4.69) is 32.0 Å². The maximum atomic E-state index is 2.25. The van der Waals surface area contributed by atoms with Crippen LogP contribution in [0.15, 0.2) is 18.2 Å². The van der Waals surface area contributed by atoms with Crippen molar-refractivity contribution in [1.29, 1.82) is 0 Å². The van der Waals surface area contributed by atoms with Gasteiger partial charge in [-0.1, -0.05) is 0 Å². The number of benzene rings is 1. The van der Waals surface area contributed by atoms with Gasteiger partial charge < -0.3 is 24.8 Å². The summed E-state index contributed by atoms with van der Waals surface area (Å²) in [5.74, 6) is 0. The standard InChI is InChI=1S/C11H11Si.2ClH.Zr/c1-7-4-3-5-9-6-10(12)8(2)11(7)9;;;/h3-5H,12H2,1-2H3;2*1H;/q;;;+2/p-2. The fraction of sp³-hybridized carbons (Fsp3) is 0.182. The van der Waals surface area contributed by atoms with Crippen molar-refractivity contribution in [2.75, 3.05) is 0 Å². The van der Waals surface area contributed by atoms with E-state index in [0.29, 0.717) is 0 Å². The zero-order valence-corrected chi connectivity index (χ0v) is 14.1. The van der Waals surface area contributed by atoms with E-state index in [1.807, 2.05) is 9.85 Å². The van der Waals surface area contributed by atoms with Gasteiger partial charge in [0.2, 0.25) is 0 Å². The van der Waals surface area contributed by atoms with Crippen LogP contribution in [0.5, 0.6) is 0 Å². The van der Waals surface area contributed by atoms with Gasteiger partial charge in [-0.25, -0.2) is 0 Å². The third-order valence-corrected chi connectivity index (χ3v) is 5.83. The van der Waals surface area contributed by atoms with Gasteiger partial charge >= 0.3 is 96.6 Å². The van der Waals surface area contributed by atoms with Crippen LogP contribution in [0.1, 0.15) is 12.5 Å². The minimum Gasteiger partial charge on any atom is -1.00 e. The summed E-state index contributed by atoms with van der Waals surface area (Å²) in [4.78, 5) is 0. The molecule has 0 spiro atoms. The second kappa shape index (κ2) is 5.72. The van der Waals surface area contributed by atoms with Crippen LogP contribution in [-0.2, 0) is 24.7 Å². The van der Waals surface area contributed by atoms with Crippen molar-refractivity contribution < 1.29 is 49.5 Å². The molecule has 0 heterocycles. The molecule has 1 aliphatic carbocycles. The molecule has 0 amide bonds. The van der Waals surface area contributed by atoms with Crippen molar-refractivity contribution in [3.8, 4) is 0 Å². The first kappa shape index (κ1) is 15.5. The van der Waals surface area contributed by atoms with Gasteiger partial charge in [0.15, 0.2) is 0 Å². The van der Waals surface area contributed by atoms with E-state index >= 15 is 0 Å². The average Bonchev–Trinajstić information content (AvgIpc) is 2.33. The summed E-state index contributed by atoms with van der Waals surface area (Å²) in [6, 6.07) is 6.61. The number of halogens is 2. The Morgan fingerprint density at radius 1 is 1.13 bits per heavy atom. The average molecular weight is 333 g/mol. The molecule has 0 fully saturated rings. The Morgan fingerprint density at radius 3 is 2.27 bits per heavy atom. The van der Waals surface area contributed by atoms with Gasteiger partial charge in [-0.05, 0) is 0 Å². The quantitative estimate of drug-likeness (QED) is 0.415. The first-order valence-corrected chi connectivity index (χ1v) is 6.28. The van der Waals surface area contributed by atoms with Crippen molar-refractivity contribution in [3.05, 3.63) is 34.2 Å². The van der Waals surface area contributed by atoms with Crippen LogP contribution in [0.4, 0.5) is 0 Å². The van der Waals surface area contributed by atoms with E-state index < -0.39 is 0 Å². The second-order valence-electron chi connectivity index (χ2n) is 3.48. The first-order valence-electron chi connectivity index (χ1n) is 4.35. The Morgan fingerprint density at radius 2 is 1.73 bits per heavy atom. The fourth-order valence-corrected chi connectivity index (χ4v) is 3.22. The maximum Gasteiger partial charge on any atom is -1.00 e.